The van der Waals surface area contributed by atoms with Crippen LogP contribution in [0.1, 0.15) is 55.3 Å². The van der Waals surface area contributed by atoms with Gasteiger partial charge in [-0.25, -0.2) is 4.98 Å². The van der Waals surface area contributed by atoms with Crippen LogP contribution in [0.15, 0.2) is 18.9 Å². The Bertz CT molecular complexity index is 398. The van der Waals surface area contributed by atoms with Gasteiger partial charge in [-0.2, -0.15) is 0 Å². The van der Waals surface area contributed by atoms with Crippen molar-refractivity contribution in [1.82, 2.24) is 4.98 Å². The Morgan fingerprint density at radius 1 is 1.61 bits per heavy atom. The molecule has 1 aromatic heterocycles. The van der Waals surface area contributed by atoms with Crippen molar-refractivity contribution < 1.29 is 9.53 Å². The summed E-state index contributed by atoms with van der Waals surface area (Å²) in [6.07, 6.45) is 4.80. The summed E-state index contributed by atoms with van der Waals surface area (Å²) in [5, 5.41) is 1.04. The van der Waals surface area contributed by atoms with Gasteiger partial charge in [0.1, 0.15) is 6.61 Å². The molecule has 1 unspecified atom stereocenters. The summed E-state index contributed by atoms with van der Waals surface area (Å²) in [5.41, 5.74) is 0. The maximum Gasteiger partial charge on any atom is 0.306 e. The first-order valence-corrected chi connectivity index (χ1v) is 7.12. The fourth-order valence-corrected chi connectivity index (χ4v) is 2.68. The van der Waals surface area contributed by atoms with Gasteiger partial charge in [0.25, 0.3) is 0 Å². The predicted octanol–water partition coefficient (Wildman–Crippen LogP) is 3.88. The Kier molecular flexibility index (Phi) is 6.05. The van der Waals surface area contributed by atoms with Gasteiger partial charge in [0.15, 0.2) is 0 Å². The van der Waals surface area contributed by atoms with E-state index in [1.54, 1.807) is 17.4 Å². The molecule has 100 valence electrons. The van der Waals surface area contributed by atoms with Crippen LogP contribution in [0.2, 0.25) is 0 Å². The zero-order valence-electron chi connectivity index (χ0n) is 11.3. The monoisotopic (exact) mass is 267 g/mol. The average Bonchev–Trinajstić information content (AvgIpc) is 2.83. The molecule has 1 heterocycles. The molecule has 0 saturated carbocycles. The van der Waals surface area contributed by atoms with E-state index < -0.39 is 0 Å². The van der Waals surface area contributed by atoms with E-state index in [4.69, 9.17) is 4.74 Å². The molecule has 18 heavy (non-hydrogen) atoms. The lowest BCUT2D eigenvalue weighted by atomic mass is 10.0. The van der Waals surface area contributed by atoms with Gasteiger partial charge >= 0.3 is 5.97 Å². The van der Waals surface area contributed by atoms with Crippen molar-refractivity contribution in [2.45, 2.75) is 45.4 Å². The second kappa shape index (κ2) is 7.31. The molecule has 1 rings (SSSR count). The molecule has 1 atom stereocenters. The number of rotatable bonds is 7. The number of thiazole rings is 1. The molecule has 0 aliphatic rings. The molecular formula is C14H21NO2S. The number of nitrogens with zero attached hydrogens (tertiary/aromatic N) is 1. The number of hydrogen-bond acceptors (Lipinski definition) is 4. The van der Waals surface area contributed by atoms with Crippen molar-refractivity contribution in [3.05, 3.63) is 28.7 Å². The van der Waals surface area contributed by atoms with Crippen molar-refractivity contribution in [1.29, 1.82) is 0 Å². The average molecular weight is 267 g/mol. The number of hydrogen-bond donors (Lipinski definition) is 0. The summed E-state index contributed by atoms with van der Waals surface area (Å²) >= 11 is 1.70. The lowest BCUT2D eigenvalue weighted by Crippen LogP contribution is -2.10. The maximum absolute atomic E-state index is 11.6. The SMILES string of the molecule is C=CCOC(=O)CC(CC)c1ncc(C(C)C)s1. The van der Waals surface area contributed by atoms with Crippen LogP contribution in [0, 0.1) is 0 Å². The van der Waals surface area contributed by atoms with Gasteiger partial charge in [-0.3, -0.25) is 4.79 Å². The second-order valence-electron chi connectivity index (χ2n) is 4.54. The van der Waals surface area contributed by atoms with Gasteiger partial charge < -0.3 is 4.74 Å². The van der Waals surface area contributed by atoms with Gasteiger partial charge in [0, 0.05) is 17.0 Å². The summed E-state index contributed by atoms with van der Waals surface area (Å²) < 4.78 is 5.02. The summed E-state index contributed by atoms with van der Waals surface area (Å²) in [5.74, 6) is 0.476. The number of carbonyl (C=O) groups is 1. The zero-order chi connectivity index (χ0) is 13.5. The topological polar surface area (TPSA) is 39.2 Å². The van der Waals surface area contributed by atoms with Gasteiger partial charge in [0.05, 0.1) is 11.4 Å². The Labute approximate surface area is 113 Å². The number of ether oxygens (including phenoxy) is 1. The highest BCUT2D eigenvalue weighted by molar-refractivity contribution is 7.11. The lowest BCUT2D eigenvalue weighted by Gasteiger charge is -2.10. The quantitative estimate of drug-likeness (QED) is 0.556. The molecule has 0 radical (unpaired) electrons. The summed E-state index contributed by atoms with van der Waals surface area (Å²) in [7, 11) is 0. The minimum absolute atomic E-state index is 0.166. The fraction of sp³-hybridized carbons (Fsp3) is 0.571. The number of aromatic nitrogens is 1. The van der Waals surface area contributed by atoms with Crippen LogP contribution in [0.3, 0.4) is 0 Å². The number of carbonyl (C=O) groups excluding carboxylic acids is 1. The Morgan fingerprint density at radius 3 is 2.83 bits per heavy atom. The molecule has 1 aromatic rings. The first-order valence-electron chi connectivity index (χ1n) is 6.30. The van der Waals surface area contributed by atoms with Crippen molar-refractivity contribution >= 4 is 17.3 Å². The molecule has 4 heteroatoms. The minimum atomic E-state index is -0.178. The summed E-state index contributed by atoms with van der Waals surface area (Å²) in [6, 6.07) is 0. The van der Waals surface area contributed by atoms with Crippen LogP contribution < -0.4 is 0 Å². The molecule has 0 spiro atoms. The van der Waals surface area contributed by atoms with Crippen molar-refractivity contribution in [2.24, 2.45) is 0 Å². The molecule has 0 amide bonds. The highest BCUT2D eigenvalue weighted by Crippen LogP contribution is 2.30. The molecule has 0 fully saturated rings. The number of esters is 1. The molecule has 0 N–H and O–H groups in total. The van der Waals surface area contributed by atoms with E-state index in [2.05, 4.69) is 32.3 Å². The molecule has 0 aliphatic heterocycles. The summed E-state index contributed by atoms with van der Waals surface area (Å²) in [6.45, 7) is 10.2. The van der Waals surface area contributed by atoms with Crippen molar-refractivity contribution in [2.75, 3.05) is 6.61 Å². The van der Waals surface area contributed by atoms with Gasteiger partial charge in [-0.05, 0) is 12.3 Å². The van der Waals surface area contributed by atoms with E-state index >= 15 is 0 Å². The Hall–Kier alpha value is -1.16. The largest absolute Gasteiger partial charge is 0.461 e. The van der Waals surface area contributed by atoms with E-state index in [-0.39, 0.29) is 18.5 Å². The van der Waals surface area contributed by atoms with Crippen LogP contribution in [0.4, 0.5) is 0 Å². The first-order chi connectivity index (χ1) is 8.58. The smallest absolute Gasteiger partial charge is 0.306 e. The van der Waals surface area contributed by atoms with Crippen LogP contribution in [0.5, 0.6) is 0 Å². The molecular weight excluding hydrogens is 246 g/mol. The third kappa shape index (κ3) is 4.26. The van der Waals surface area contributed by atoms with E-state index in [0.29, 0.717) is 12.3 Å². The van der Waals surface area contributed by atoms with Crippen LogP contribution >= 0.6 is 11.3 Å². The third-order valence-corrected chi connectivity index (χ3v) is 4.19. The molecule has 3 nitrogen and oxygen atoms in total. The van der Waals surface area contributed by atoms with Crippen LogP contribution in [-0.2, 0) is 9.53 Å². The summed E-state index contributed by atoms with van der Waals surface area (Å²) in [4.78, 5) is 17.3. The van der Waals surface area contributed by atoms with Crippen LogP contribution in [0.25, 0.3) is 0 Å². The van der Waals surface area contributed by atoms with E-state index in [1.165, 1.54) is 4.88 Å². The molecule has 0 saturated heterocycles. The highest BCUT2D eigenvalue weighted by atomic mass is 32.1. The maximum atomic E-state index is 11.6. The van der Waals surface area contributed by atoms with Gasteiger partial charge in [-0.1, -0.05) is 33.4 Å². The second-order valence-corrected chi connectivity index (χ2v) is 5.63. The van der Waals surface area contributed by atoms with E-state index in [1.807, 2.05) is 6.20 Å². The van der Waals surface area contributed by atoms with Gasteiger partial charge in [0.2, 0.25) is 0 Å². The van der Waals surface area contributed by atoms with Crippen molar-refractivity contribution in [3.63, 3.8) is 0 Å². The fourth-order valence-electron chi connectivity index (χ4n) is 1.57. The van der Waals surface area contributed by atoms with Gasteiger partial charge in [-0.15, -0.1) is 11.3 Å². The highest BCUT2D eigenvalue weighted by Gasteiger charge is 2.19. The van der Waals surface area contributed by atoms with Crippen molar-refractivity contribution in [3.8, 4) is 0 Å². The lowest BCUT2D eigenvalue weighted by molar-refractivity contribution is -0.142. The predicted molar refractivity (Wildman–Crippen MR) is 75.0 cm³/mol. The Balaban J connectivity index is 2.64. The van der Waals surface area contributed by atoms with E-state index in [9.17, 15) is 4.79 Å². The standard InChI is InChI=1S/C14H21NO2S/c1-5-7-17-13(16)8-11(6-2)14-15-9-12(18-14)10(3)4/h5,9-11H,1,6-8H2,2-4H3. The third-order valence-electron chi connectivity index (χ3n) is 2.73. The Morgan fingerprint density at radius 2 is 2.33 bits per heavy atom. The molecule has 0 aromatic carbocycles. The molecule has 0 aliphatic carbocycles. The minimum Gasteiger partial charge on any atom is -0.461 e. The first kappa shape index (κ1) is 14.9. The zero-order valence-corrected chi connectivity index (χ0v) is 12.1. The molecule has 0 bridgehead atoms. The van der Waals surface area contributed by atoms with E-state index in [0.717, 1.165) is 11.4 Å². The van der Waals surface area contributed by atoms with Crippen LogP contribution in [-0.4, -0.2) is 17.6 Å². The normalized spacial score (nSPS) is 12.4.